The molecule has 0 aromatic heterocycles. The Labute approximate surface area is 121 Å². The molecule has 3 rings (SSSR count). The van der Waals surface area contributed by atoms with Crippen LogP contribution in [-0.4, -0.2) is 12.2 Å². The summed E-state index contributed by atoms with van der Waals surface area (Å²) in [6.07, 6.45) is 0.193. The minimum Gasteiger partial charge on any atom is -0.505 e. The van der Waals surface area contributed by atoms with E-state index in [-0.39, 0.29) is 17.9 Å². The molecule has 4 nitrogen and oxygen atoms in total. The molecule has 0 aliphatic carbocycles. The van der Waals surface area contributed by atoms with E-state index in [0.717, 1.165) is 5.56 Å². The molecular formula is C16H16FNO3. The highest BCUT2D eigenvalue weighted by molar-refractivity contribution is 5.44. The maximum Gasteiger partial charge on any atom is 0.165 e. The summed E-state index contributed by atoms with van der Waals surface area (Å²) in [7, 11) is 1.58. The van der Waals surface area contributed by atoms with Gasteiger partial charge in [0.1, 0.15) is 17.6 Å². The van der Waals surface area contributed by atoms with E-state index in [2.05, 4.69) is 0 Å². The number of methoxy groups -OCH3 is 1. The highest BCUT2D eigenvalue weighted by atomic mass is 19.1. The van der Waals surface area contributed by atoms with Gasteiger partial charge < -0.3 is 20.3 Å². The van der Waals surface area contributed by atoms with Crippen LogP contribution in [0.2, 0.25) is 0 Å². The van der Waals surface area contributed by atoms with E-state index in [4.69, 9.17) is 15.2 Å². The zero-order chi connectivity index (χ0) is 15.0. The molecule has 1 unspecified atom stereocenters. The molecule has 0 fully saturated rings. The number of aromatic hydroxyl groups is 1. The van der Waals surface area contributed by atoms with Crippen LogP contribution in [0, 0.1) is 5.82 Å². The van der Waals surface area contributed by atoms with E-state index in [1.54, 1.807) is 19.2 Å². The molecule has 1 aliphatic rings. The lowest BCUT2D eigenvalue weighted by Crippen LogP contribution is -2.24. The number of rotatable bonds is 2. The number of ether oxygens (including phenoxy) is 2. The van der Waals surface area contributed by atoms with E-state index < -0.39 is 5.82 Å². The number of halogens is 1. The van der Waals surface area contributed by atoms with Gasteiger partial charge in [-0.3, -0.25) is 0 Å². The van der Waals surface area contributed by atoms with Gasteiger partial charge in [0.05, 0.1) is 7.11 Å². The van der Waals surface area contributed by atoms with E-state index in [1.165, 1.54) is 12.1 Å². The fourth-order valence-electron chi connectivity index (χ4n) is 2.54. The number of benzene rings is 2. The topological polar surface area (TPSA) is 64.7 Å². The van der Waals surface area contributed by atoms with Crippen molar-refractivity contribution in [2.45, 2.75) is 18.6 Å². The summed E-state index contributed by atoms with van der Waals surface area (Å²) in [5.74, 6) is 0.284. The number of hydrogen-bond acceptors (Lipinski definition) is 4. The van der Waals surface area contributed by atoms with Gasteiger partial charge in [0.25, 0.3) is 0 Å². The van der Waals surface area contributed by atoms with Crippen molar-refractivity contribution in [3.8, 4) is 17.2 Å². The standard InChI is InChI=1S/C16H16FNO3/c1-20-10-3-4-11-13(18)8-15(21-16(11)7-10)9-2-5-14(19)12(17)6-9/h2-7,13,15,19H,8,18H2,1H3/t13-,15?/m1/s1. The molecule has 2 aromatic carbocycles. The van der Waals surface area contributed by atoms with Crippen molar-refractivity contribution < 1.29 is 19.0 Å². The average Bonchev–Trinajstić information content (AvgIpc) is 2.49. The molecule has 2 atom stereocenters. The minimum atomic E-state index is -0.666. The van der Waals surface area contributed by atoms with Crippen LogP contribution in [0.4, 0.5) is 4.39 Å². The largest absolute Gasteiger partial charge is 0.505 e. The molecule has 5 heteroatoms. The summed E-state index contributed by atoms with van der Waals surface area (Å²) < 4.78 is 24.6. The van der Waals surface area contributed by atoms with Crippen LogP contribution >= 0.6 is 0 Å². The summed E-state index contributed by atoms with van der Waals surface area (Å²) >= 11 is 0. The number of fused-ring (bicyclic) bond motifs is 1. The second kappa shape index (κ2) is 5.26. The smallest absolute Gasteiger partial charge is 0.165 e. The van der Waals surface area contributed by atoms with Crippen molar-refractivity contribution in [3.63, 3.8) is 0 Å². The first-order valence-electron chi connectivity index (χ1n) is 6.67. The van der Waals surface area contributed by atoms with Crippen molar-refractivity contribution in [2.75, 3.05) is 7.11 Å². The number of nitrogens with two attached hydrogens (primary N) is 1. The molecule has 0 saturated carbocycles. The predicted octanol–water partition coefficient (Wildman–Crippen LogP) is 3.06. The zero-order valence-electron chi connectivity index (χ0n) is 11.5. The Bertz CT molecular complexity index is 675. The summed E-state index contributed by atoms with van der Waals surface area (Å²) in [6, 6.07) is 9.54. The number of phenols is 1. The molecule has 1 aliphatic heterocycles. The Morgan fingerprint density at radius 2 is 2.10 bits per heavy atom. The van der Waals surface area contributed by atoms with Crippen LogP contribution in [0.3, 0.4) is 0 Å². The fraction of sp³-hybridized carbons (Fsp3) is 0.250. The first kappa shape index (κ1) is 13.7. The third kappa shape index (κ3) is 2.52. The van der Waals surface area contributed by atoms with Gasteiger partial charge in [0, 0.05) is 24.1 Å². The molecule has 0 amide bonds. The molecule has 110 valence electrons. The Hall–Kier alpha value is -2.27. The van der Waals surface area contributed by atoms with Gasteiger partial charge in [0.15, 0.2) is 11.6 Å². The van der Waals surface area contributed by atoms with Crippen LogP contribution < -0.4 is 15.2 Å². The molecule has 0 radical (unpaired) electrons. The number of hydrogen-bond donors (Lipinski definition) is 2. The zero-order valence-corrected chi connectivity index (χ0v) is 11.5. The molecule has 21 heavy (non-hydrogen) atoms. The van der Waals surface area contributed by atoms with Gasteiger partial charge in [0.2, 0.25) is 0 Å². The monoisotopic (exact) mass is 289 g/mol. The molecule has 0 bridgehead atoms. The summed E-state index contributed by atoms with van der Waals surface area (Å²) in [4.78, 5) is 0. The Morgan fingerprint density at radius 3 is 2.81 bits per heavy atom. The van der Waals surface area contributed by atoms with Gasteiger partial charge in [-0.2, -0.15) is 0 Å². The van der Waals surface area contributed by atoms with Gasteiger partial charge >= 0.3 is 0 Å². The van der Waals surface area contributed by atoms with E-state index in [1.807, 2.05) is 12.1 Å². The molecule has 3 N–H and O–H groups in total. The summed E-state index contributed by atoms with van der Waals surface area (Å²) in [6.45, 7) is 0. The lowest BCUT2D eigenvalue weighted by atomic mass is 9.93. The van der Waals surface area contributed by atoms with Crippen molar-refractivity contribution in [1.82, 2.24) is 0 Å². The summed E-state index contributed by atoms with van der Waals surface area (Å²) in [5.41, 5.74) is 7.73. The van der Waals surface area contributed by atoms with E-state index >= 15 is 0 Å². The van der Waals surface area contributed by atoms with Gasteiger partial charge in [-0.1, -0.05) is 12.1 Å². The second-order valence-electron chi connectivity index (χ2n) is 5.06. The lowest BCUT2D eigenvalue weighted by molar-refractivity contribution is 0.160. The van der Waals surface area contributed by atoms with Crippen molar-refractivity contribution in [2.24, 2.45) is 5.73 Å². The third-order valence-electron chi connectivity index (χ3n) is 3.70. The first-order valence-corrected chi connectivity index (χ1v) is 6.67. The maximum absolute atomic E-state index is 13.5. The fourth-order valence-corrected chi connectivity index (χ4v) is 2.54. The Morgan fingerprint density at radius 1 is 1.29 bits per heavy atom. The highest BCUT2D eigenvalue weighted by Crippen LogP contribution is 2.41. The number of phenolic OH excluding ortho intramolecular Hbond substituents is 1. The quantitative estimate of drug-likeness (QED) is 0.891. The van der Waals surface area contributed by atoms with Crippen LogP contribution in [0.15, 0.2) is 36.4 Å². The van der Waals surface area contributed by atoms with Crippen LogP contribution in [-0.2, 0) is 0 Å². The highest BCUT2D eigenvalue weighted by Gasteiger charge is 2.28. The predicted molar refractivity (Wildman–Crippen MR) is 76.0 cm³/mol. The van der Waals surface area contributed by atoms with E-state index in [9.17, 15) is 9.50 Å². The molecule has 0 spiro atoms. The average molecular weight is 289 g/mol. The Kier molecular flexibility index (Phi) is 3.43. The molecule has 1 heterocycles. The van der Waals surface area contributed by atoms with Crippen LogP contribution in [0.25, 0.3) is 0 Å². The van der Waals surface area contributed by atoms with Crippen molar-refractivity contribution >= 4 is 0 Å². The summed E-state index contributed by atoms with van der Waals surface area (Å²) in [5, 5.41) is 9.26. The third-order valence-corrected chi connectivity index (χ3v) is 3.70. The van der Waals surface area contributed by atoms with Gasteiger partial charge in [-0.15, -0.1) is 0 Å². The molecule has 2 aromatic rings. The van der Waals surface area contributed by atoms with Crippen LogP contribution in [0.1, 0.15) is 29.7 Å². The SMILES string of the molecule is COc1ccc2c(c1)OC(c1ccc(O)c(F)c1)C[C@H]2N. The Balaban J connectivity index is 1.94. The van der Waals surface area contributed by atoms with Crippen molar-refractivity contribution in [3.05, 3.63) is 53.3 Å². The van der Waals surface area contributed by atoms with Gasteiger partial charge in [-0.05, 0) is 23.8 Å². The minimum absolute atomic E-state index is 0.193. The van der Waals surface area contributed by atoms with Crippen molar-refractivity contribution in [1.29, 1.82) is 0 Å². The normalized spacial score (nSPS) is 20.5. The maximum atomic E-state index is 13.5. The first-order chi connectivity index (χ1) is 10.1. The van der Waals surface area contributed by atoms with Crippen LogP contribution in [0.5, 0.6) is 17.2 Å². The molecule has 0 saturated heterocycles. The van der Waals surface area contributed by atoms with E-state index in [0.29, 0.717) is 23.5 Å². The lowest BCUT2D eigenvalue weighted by Gasteiger charge is -2.30. The second-order valence-corrected chi connectivity index (χ2v) is 5.06. The van der Waals surface area contributed by atoms with Gasteiger partial charge in [-0.25, -0.2) is 4.39 Å². The molecular weight excluding hydrogens is 273 g/mol.